The molecule has 18 heteroatoms. The van der Waals surface area contributed by atoms with Crippen LogP contribution in [0.3, 0.4) is 0 Å². The SMILES string of the molecule is CC.CC.CC.CC.CC.CC.O=C(OCC12CC3CC(C1)CC(OC(=O)C(F)(F)S(=O)(=O)O)(C3)C2)C(F)(F)SOO[O-].c1ccc([S+](c2ccccc2)c2ccccc2)cc1.c1ccc([S+](c2ccccc2)c2ccccc2)cc1. The lowest BCUT2D eigenvalue weighted by Crippen LogP contribution is -2.60. The first-order valence-electron chi connectivity index (χ1n) is 27.6. The minimum Gasteiger partial charge on any atom is -0.691 e. The highest BCUT2D eigenvalue weighted by molar-refractivity contribution is 7.97. The van der Waals surface area contributed by atoms with Crippen molar-refractivity contribution in [2.75, 3.05) is 6.61 Å². The van der Waals surface area contributed by atoms with E-state index in [1.807, 2.05) is 83.1 Å². The third kappa shape index (κ3) is 22.2. The Balaban J connectivity index is 0.000000572. The van der Waals surface area contributed by atoms with Crippen molar-refractivity contribution >= 4 is 55.9 Å². The molecule has 81 heavy (non-hydrogen) atoms. The van der Waals surface area contributed by atoms with Gasteiger partial charge in [-0.3, -0.25) is 9.59 Å². The monoisotopic (exact) mass is 1200 g/mol. The second-order valence-corrected chi connectivity index (χ2v) is 23.2. The van der Waals surface area contributed by atoms with E-state index in [1.165, 1.54) is 29.4 Å². The molecule has 1 N–H and O–H groups in total. The molecule has 4 fully saturated rings. The molecule has 0 heterocycles. The number of ether oxygens (including phenoxy) is 2. The Bertz CT molecular complexity index is 2380. The highest BCUT2D eigenvalue weighted by Gasteiger charge is 2.63. The molecule has 6 aromatic rings. The molecule has 0 spiro atoms. The van der Waals surface area contributed by atoms with Gasteiger partial charge in [-0.05, 0) is 123 Å². The van der Waals surface area contributed by atoms with E-state index in [4.69, 9.17) is 9.29 Å². The number of carbonyl (C=O) groups is 2. The number of halogens is 4. The lowest BCUT2D eigenvalue weighted by Gasteiger charge is -2.60. The largest absolute Gasteiger partial charge is 0.691 e. The molecule has 4 saturated carbocycles. The van der Waals surface area contributed by atoms with Gasteiger partial charge in [-0.15, -0.1) is 0 Å². The van der Waals surface area contributed by atoms with E-state index in [-0.39, 0.29) is 52.9 Å². The van der Waals surface area contributed by atoms with Crippen molar-refractivity contribution in [2.45, 2.75) is 167 Å². The van der Waals surface area contributed by atoms with Gasteiger partial charge in [0.05, 0.1) is 28.4 Å². The van der Waals surface area contributed by atoms with E-state index in [2.05, 4.69) is 196 Å². The molecule has 4 aliphatic rings. The molecule has 0 amide bonds. The number of hydrogen-bond donors (Lipinski definition) is 1. The fourth-order valence-corrected chi connectivity index (χ4v) is 14.3. The van der Waals surface area contributed by atoms with Crippen molar-refractivity contribution < 1.29 is 64.2 Å². The maximum Gasteiger partial charge on any atom is 0.465 e. The van der Waals surface area contributed by atoms with Gasteiger partial charge in [-0.2, -0.15) is 30.3 Å². The number of rotatable bonds is 15. The summed E-state index contributed by atoms with van der Waals surface area (Å²) in [5.41, 5.74) is -2.46. The van der Waals surface area contributed by atoms with Crippen LogP contribution in [0.1, 0.15) is 122 Å². The van der Waals surface area contributed by atoms with Crippen LogP contribution < -0.4 is 5.26 Å². The third-order valence-electron chi connectivity index (χ3n) is 11.8. The molecule has 10 rings (SSSR count). The number of hydrogen-bond acceptors (Lipinski definition) is 10. The maximum absolute atomic E-state index is 13.7. The first-order valence-corrected chi connectivity index (χ1v) is 32.2. The van der Waals surface area contributed by atoms with E-state index in [9.17, 15) is 40.8 Å². The van der Waals surface area contributed by atoms with Crippen LogP contribution in [-0.4, -0.2) is 47.6 Å². The van der Waals surface area contributed by atoms with Crippen LogP contribution in [0.25, 0.3) is 0 Å². The zero-order valence-electron chi connectivity index (χ0n) is 48.7. The summed E-state index contributed by atoms with van der Waals surface area (Å²) in [5, 5.41) is 3.01. The minimum atomic E-state index is -6.05. The summed E-state index contributed by atoms with van der Waals surface area (Å²) in [5.74, 6) is -4.76. The Hall–Kier alpha value is -5.18. The molecule has 0 aromatic heterocycles. The zero-order valence-corrected chi connectivity index (χ0v) is 52.0. The Labute approximate surface area is 490 Å². The summed E-state index contributed by atoms with van der Waals surface area (Å²) in [4.78, 5) is 31.7. The van der Waals surface area contributed by atoms with Crippen LogP contribution in [0, 0.1) is 17.3 Å². The van der Waals surface area contributed by atoms with Crippen molar-refractivity contribution in [1.82, 2.24) is 0 Å². The summed E-state index contributed by atoms with van der Waals surface area (Å²) in [6.45, 7) is 23.5. The first kappa shape index (κ1) is 73.8. The van der Waals surface area contributed by atoms with Gasteiger partial charge in [0, 0.05) is 5.41 Å². The average molecular weight is 1200 g/mol. The molecule has 4 aliphatic carbocycles. The molecule has 446 valence electrons. The normalized spacial score (nSPS) is 17.9. The van der Waals surface area contributed by atoms with Crippen LogP contribution in [-0.2, 0) is 60.3 Å². The maximum atomic E-state index is 13.7. The molecule has 6 aromatic carbocycles. The number of alkyl halides is 4. The number of carbonyl (C=O) groups excluding carboxylic acids is 2. The average Bonchev–Trinajstić information content (AvgIpc) is 3.67. The van der Waals surface area contributed by atoms with Gasteiger partial charge in [-0.1, -0.05) is 192 Å². The highest BCUT2D eigenvalue weighted by atomic mass is 32.2. The molecule has 2 unspecified atom stereocenters. The third-order valence-corrected chi connectivity index (χ3v) is 17.6. The molecule has 0 saturated heterocycles. The van der Waals surface area contributed by atoms with Crippen molar-refractivity contribution in [3.63, 3.8) is 0 Å². The van der Waals surface area contributed by atoms with Gasteiger partial charge in [0.15, 0.2) is 29.4 Å². The smallest absolute Gasteiger partial charge is 0.465 e. The Morgan fingerprint density at radius 2 is 0.815 bits per heavy atom. The number of benzene rings is 6. The van der Waals surface area contributed by atoms with Crippen LogP contribution >= 0.6 is 12.0 Å². The highest BCUT2D eigenvalue weighted by Crippen LogP contribution is 2.63. The van der Waals surface area contributed by atoms with Crippen molar-refractivity contribution in [2.24, 2.45) is 17.3 Å². The lowest BCUT2D eigenvalue weighted by molar-refractivity contribution is -0.777. The van der Waals surface area contributed by atoms with E-state index < -0.39 is 62.2 Å². The molecule has 10 nitrogen and oxygen atoms in total. The fourth-order valence-electron chi connectivity index (χ4n) is 9.56. The van der Waals surface area contributed by atoms with E-state index >= 15 is 0 Å². The summed E-state index contributed by atoms with van der Waals surface area (Å²) in [6, 6.07) is 64.3. The molecule has 0 aliphatic heterocycles. The lowest BCUT2D eigenvalue weighted by atomic mass is 9.48. The van der Waals surface area contributed by atoms with Gasteiger partial charge in [0.2, 0.25) is 0 Å². The van der Waals surface area contributed by atoms with E-state index in [0.29, 0.717) is 19.3 Å². The standard InChI is InChI=1S/2C18H15S.C15H18F4O10S2.6C2H6/c2*1-4-10-16(11-5-1)19(17-12-6-2-7-13-17)18-14-8-3-9-15-18;16-14(17,30-29-28-22)10(20)26-7-12-2-8-1-9(3-12)5-13(4-8,6-12)27-11(21)15(18,19)31(23,24)25;6*1-2/h2*1-15H;8-9,22H,1-7H2,(H,23,24,25);6*1-2H3/q2*+1;;;;;;;/p-1. The summed E-state index contributed by atoms with van der Waals surface area (Å²) >= 11 is -0.859. The summed E-state index contributed by atoms with van der Waals surface area (Å²) in [7, 11) is -6.08. The van der Waals surface area contributed by atoms with Gasteiger partial charge < -0.3 is 14.7 Å². The predicted molar refractivity (Wildman–Crippen MR) is 319 cm³/mol. The Morgan fingerprint density at radius 1 is 0.531 bits per heavy atom. The van der Waals surface area contributed by atoms with Crippen LogP contribution in [0.2, 0.25) is 0 Å². The minimum absolute atomic E-state index is 0.0146. The second kappa shape index (κ2) is 38.6. The second-order valence-electron chi connectivity index (χ2n) is 16.8. The van der Waals surface area contributed by atoms with Crippen LogP contribution in [0.15, 0.2) is 211 Å². The first-order chi connectivity index (χ1) is 39.0. The van der Waals surface area contributed by atoms with Crippen molar-refractivity contribution in [3.05, 3.63) is 182 Å². The predicted octanol–water partition coefficient (Wildman–Crippen LogP) is 17.1. The van der Waals surface area contributed by atoms with Crippen molar-refractivity contribution in [3.8, 4) is 0 Å². The fraction of sp³-hybridized carbons (Fsp3) is 0.397. The zero-order chi connectivity index (χ0) is 61.1. The topological polar surface area (TPSA) is 148 Å². The van der Waals surface area contributed by atoms with E-state index in [1.54, 1.807) is 0 Å². The Morgan fingerprint density at radius 3 is 1.07 bits per heavy atom. The van der Waals surface area contributed by atoms with Gasteiger partial charge >= 0.3 is 32.6 Å². The van der Waals surface area contributed by atoms with Crippen LogP contribution in [0.5, 0.6) is 0 Å². The van der Waals surface area contributed by atoms with Gasteiger partial charge in [-0.25, -0.2) is 9.59 Å². The summed E-state index contributed by atoms with van der Waals surface area (Å²) < 4.78 is 97.8. The van der Waals surface area contributed by atoms with Gasteiger partial charge in [0.25, 0.3) is 0 Å². The molecule has 0 radical (unpaired) electrons. The quantitative estimate of drug-likeness (QED) is 0.0199. The van der Waals surface area contributed by atoms with Gasteiger partial charge in [0.1, 0.15) is 17.6 Å². The number of esters is 2. The Kier molecular flexibility index (Phi) is 35.2. The molecule has 2 atom stereocenters. The molecule has 4 bridgehead atoms. The van der Waals surface area contributed by atoms with E-state index in [0.717, 1.165) is 0 Å². The summed E-state index contributed by atoms with van der Waals surface area (Å²) in [6.07, 6.45) is 1.62. The van der Waals surface area contributed by atoms with Crippen molar-refractivity contribution in [1.29, 1.82) is 0 Å². The van der Waals surface area contributed by atoms with Crippen LogP contribution in [0.4, 0.5) is 17.6 Å². The molecular formula is C63H83F4O10S4+. The molecular weight excluding hydrogens is 1120 g/mol.